The summed E-state index contributed by atoms with van der Waals surface area (Å²) < 4.78 is 0.893. The number of hydrogen-bond acceptors (Lipinski definition) is 3. The summed E-state index contributed by atoms with van der Waals surface area (Å²) in [4.78, 5) is 4.35. The zero-order valence-corrected chi connectivity index (χ0v) is 8.75. The Kier molecular flexibility index (Phi) is 5.92. The van der Waals surface area contributed by atoms with Gasteiger partial charge in [-0.25, -0.2) is 0 Å². The summed E-state index contributed by atoms with van der Waals surface area (Å²) in [6.45, 7) is 0.692. The molecule has 3 N–H and O–H groups in total. The minimum absolute atomic E-state index is 0.692. The molecular weight excluding hydrogens is 247 g/mol. The molecule has 0 amide bonds. The second kappa shape index (κ2) is 5.49. The summed E-state index contributed by atoms with van der Waals surface area (Å²) in [5.74, 6) is 0.911. The summed E-state index contributed by atoms with van der Waals surface area (Å²) in [6, 6.07) is 0. The van der Waals surface area contributed by atoms with E-state index in [1.165, 1.54) is 0 Å². The third-order valence-corrected chi connectivity index (χ3v) is 6.35. The minimum atomic E-state index is -0.955. The van der Waals surface area contributed by atoms with Crippen LogP contribution in [0.1, 0.15) is 0 Å². The van der Waals surface area contributed by atoms with Crippen molar-refractivity contribution in [2.24, 2.45) is 5.73 Å². The van der Waals surface area contributed by atoms with Gasteiger partial charge in [0.1, 0.15) is 0 Å². The van der Waals surface area contributed by atoms with Crippen molar-refractivity contribution >= 4 is 34.6 Å². The summed E-state index contributed by atoms with van der Waals surface area (Å²) in [5, 5.41) is 7.42. The first kappa shape index (κ1) is 9.71. The molecule has 0 saturated heterocycles. The average molecular weight is 260 g/mol. The molecule has 2 nitrogen and oxygen atoms in total. The van der Waals surface area contributed by atoms with Gasteiger partial charge >= 0.3 is 67.9 Å². The molecule has 4 heteroatoms. The standard InChI is InChI=1S/C5H13IN2S/c1-6(2)5(8)9-4-3-7/h8H,3-4,7H2,1-2H3. The van der Waals surface area contributed by atoms with E-state index in [2.05, 4.69) is 9.86 Å². The van der Waals surface area contributed by atoms with Crippen LogP contribution in [0.5, 0.6) is 0 Å². The van der Waals surface area contributed by atoms with Crippen LogP contribution in [0.2, 0.25) is 0 Å². The van der Waals surface area contributed by atoms with Gasteiger partial charge in [-0.05, 0) is 0 Å². The first-order chi connectivity index (χ1) is 4.18. The molecule has 0 aliphatic rings. The molecule has 0 saturated carbocycles. The number of hydrogen-bond donors (Lipinski definition) is 2. The topological polar surface area (TPSA) is 49.9 Å². The fraction of sp³-hybridized carbons (Fsp3) is 0.800. The third kappa shape index (κ3) is 5.17. The van der Waals surface area contributed by atoms with Crippen LogP contribution >= 0.6 is 31.6 Å². The van der Waals surface area contributed by atoms with Gasteiger partial charge in [-0.3, -0.25) is 0 Å². The molecule has 0 spiro atoms. The fourth-order valence-corrected chi connectivity index (χ4v) is 3.30. The predicted octanol–water partition coefficient (Wildman–Crippen LogP) is 1.38. The molecule has 0 radical (unpaired) electrons. The van der Waals surface area contributed by atoms with Crippen LogP contribution in [0, 0.1) is 5.41 Å². The van der Waals surface area contributed by atoms with Gasteiger partial charge in [-0.1, -0.05) is 0 Å². The van der Waals surface area contributed by atoms with E-state index in [0.717, 1.165) is 8.80 Å². The van der Waals surface area contributed by atoms with Crippen molar-refractivity contribution in [2.75, 3.05) is 22.2 Å². The second-order valence-electron chi connectivity index (χ2n) is 1.67. The average Bonchev–Trinajstić information content (AvgIpc) is 1.82. The number of nitrogens with one attached hydrogen (secondary N) is 1. The Morgan fingerprint density at radius 1 is 1.67 bits per heavy atom. The van der Waals surface area contributed by atoms with Crippen LogP contribution in [-0.4, -0.2) is 25.2 Å². The van der Waals surface area contributed by atoms with Crippen LogP contribution in [0.3, 0.4) is 0 Å². The normalized spacial score (nSPS) is 11.2. The molecule has 0 atom stereocenters. The molecule has 0 unspecified atom stereocenters. The van der Waals surface area contributed by atoms with Crippen molar-refractivity contribution in [3.63, 3.8) is 0 Å². The van der Waals surface area contributed by atoms with Gasteiger partial charge in [-0.15, -0.1) is 0 Å². The Morgan fingerprint density at radius 2 is 2.22 bits per heavy atom. The van der Waals surface area contributed by atoms with E-state index in [0.29, 0.717) is 6.54 Å². The van der Waals surface area contributed by atoms with Gasteiger partial charge in [0.05, 0.1) is 0 Å². The second-order valence-corrected chi connectivity index (χ2v) is 8.90. The molecule has 0 aliphatic heterocycles. The van der Waals surface area contributed by atoms with Crippen LogP contribution in [0.25, 0.3) is 0 Å². The monoisotopic (exact) mass is 260 g/mol. The molecule has 0 heterocycles. The van der Waals surface area contributed by atoms with E-state index < -0.39 is 19.8 Å². The molecule has 0 aliphatic carbocycles. The van der Waals surface area contributed by atoms with Gasteiger partial charge in [0.25, 0.3) is 0 Å². The Labute approximate surface area is 67.9 Å². The Balaban J connectivity index is 3.28. The predicted molar refractivity (Wildman–Crippen MR) is 55.1 cm³/mol. The van der Waals surface area contributed by atoms with E-state index in [1.807, 2.05) is 0 Å². The van der Waals surface area contributed by atoms with Gasteiger partial charge in [0.15, 0.2) is 0 Å². The number of halogens is 1. The van der Waals surface area contributed by atoms with Crippen molar-refractivity contribution in [3.05, 3.63) is 0 Å². The number of thioether (sulfide) groups is 1. The SMILES string of the molecule is CI(C)C(=N)SCCN. The maximum absolute atomic E-state index is 7.42. The van der Waals surface area contributed by atoms with Crippen molar-refractivity contribution < 1.29 is 0 Å². The molecule has 0 fully saturated rings. The Bertz CT molecular complexity index is 95.0. The number of nitrogens with two attached hydrogens (primary N) is 1. The molecule has 0 bridgehead atoms. The molecule has 0 aromatic rings. The van der Waals surface area contributed by atoms with Crippen molar-refractivity contribution in [1.29, 1.82) is 5.41 Å². The van der Waals surface area contributed by atoms with Gasteiger partial charge in [0, 0.05) is 0 Å². The van der Waals surface area contributed by atoms with E-state index in [-0.39, 0.29) is 0 Å². The van der Waals surface area contributed by atoms with Crippen molar-refractivity contribution in [1.82, 2.24) is 0 Å². The molecule has 0 aromatic carbocycles. The number of alkyl halides is 2. The maximum atomic E-state index is 7.42. The van der Waals surface area contributed by atoms with E-state index in [1.54, 1.807) is 11.8 Å². The molecule has 0 rings (SSSR count). The van der Waals surface area contributed by atoms with Crippen LogP contribution < -0.4 is 5.73 Å². The first-order valence-electron chi connectivity index (χ1n) is 2.60. The van der Waals surface area contributed by atoms with Crippen LogP contribution in [0.15, 0.2) is 0 Å². The summed E-state index contributed by atoms with van der Waals surface area (Å²) >= 11 is 0.657. The van der Waals surface area contributed by atoms with Gasteiger partial charge < -0.3 is 0 Å². The van der Waals surface area contributed by atoms with E-state index in [4.69, 9.17) is 11.1 Å². The fourth-order valence-electron chi connectivity index (χ4n) is 0.258. The molecule has 9 heavy (non-hydrogen) atoms. The Hall–Kier alpha value is 0.710. The van der Waals surface area contributed by atoms with Crippen molar-refractivity contribution in [2.45, 2.75) is 0 Å². The van der Waals surface area contributed by atoms with Crippen LogP contribution in [0.4, 0.5) is 0 Å². The van der Waals surface area contributed by atoms with Crippen LogP contribution in [-0.2, 0) is 0 Å². The van der Waals surface area contributed by atoms with Crippen molar-refractivity contribution in [3.8, 4) is 0 Å². The van der Waals surface area contributed by atoms with E-state index in [9.17, 15) is 0 Å². The summed E-state index contributed by atoms with van der Waals surface area (Å²) in [7, 11) is 0. The first-order valence-corrected chi connectivity index (χ1v) is 8.98. The zero-order chi connectivity index (χ0) is 7.28. The Morgan fingerprint density at radius 3 is 2.56 bits per heavy atom. The number of rotatable bonds is 3. The van der Waals surface area contributed by atoms with E-state index >= 15 is 0 Å². The molecule has 56 valence electrons. The zero-order valence-electron chi connectivity index (χ0n) is 5.78. The molecular formula is C5H13IN2S. The van der Waals surface area contributed by atoms with Gasteiger partial charge in [-0.2, -0.15) is 0 Å². The summed E-state index contributed by atoms with van der Waals surface area (Å²) in [6.07, 6.45) is 0. The quantitative estimate of drug-likeness (QED) is 0.348. The third-order valence-electron chi connectivity index (χ3n) is 0.690. The summed E-state index contributed by atoms with van der Waals surface area (Å²) in [5.41, 5.74) is 5.28. The molecule has 0 aromatic heterocycles. The van der Waals surface area contributed by atoms with Gasteiger partial charge in [0.2, 0.25) is 0 Å².